The molecule has 0 aromatic carbocycles. The van der Waals surface area contributed by atoms with E-state index in [2.05, 4.69) is 0 Å². The molecule has 3 N–H and O–H groups in total. The van der Waals surface area contributed by atoms with E-state index in [-0.39, 0.29) is 13.0 Å². The Morgan fingerprint density at radius 1 is 1.64 bits per heavy atom. The smallest absolute Gasteiger partial charge is 0.332 e. The molecular weight excluding hydrogens is 150 g/mol. The summed E-state index contributed by atoms with van der Waals surface area (Å²) in [4.78, 5) is 20.3. The number of ether oxygens (including phenoxy) is 1. The summed E-state index contributed by atoms with van der Waals surface area (Å²) >= 11 is 0. The van der Waals surface area contributed by atoms with E-state index in [1.54, 1.807) is 0 Å². The fraction of sp³-hybridized carbons (Fsp3) is 0.667. The lowest BCUT2D eigenvalue weighted by molar-refractivity contribution is -0.149. The molecule has 0 radical (unpaired) electrons. The predicted molar refractivity (Wildman–Crippen MR) is 36.9 cm³/mol. The molecule has 1 amide bonds. The largest absolute Gasteiger partial charge is 0.479 e. The van der Waals surface area contributed by atoms with Gasteiger partial charge in [0.1, 0.15) is 0 Å². The van der Waals surface area contributed by atoms with Gasteiger partial charge in [0.05, 0.1) is 6.61 Å². The van der Waals surface area contributed by atoms with Gasteiger partial charge in [-0.3, -0.25) is 4.79 Å². The van der Waals surface area contributed by atoms with Gasteiger partial charge in [-0.2, -0.15) is 0 Å². The molecule has 0 saturated heterocycles. The summed E-state index contributed by atoms with van der Waals surface area (Å²) in [6.45, 7) is 1.45. The van der Waals surface area contributed by atoms with Crippen molar-refractivity contribution in [2.45, 2.75) is 19.4 Å². The maximum absolute atomic E-state index is 10.1. The van der Waals surface area contributed by atoms with Crippen molar-refractivity contribution in [1.29, 1.82) is 0 Å². The molecular formula is C6H11NO4. The molecule has 5 nitrogen and oxygen atoms in total. The summed E-state index contributed by atoms with van der Waals surface area (Å²) in [5, 5.41) is 8.31. The lowest BCUT2D eigenvalue weighted by atomic mass is 10.4. The average molecular weight is 161 g/mol. The molecule has 0 rings (SSSR count). The van der Waals surface area contributed by atoms with Crippen LogP contribution in [0.25, 0.3) is 0 Å². The second-order valence-electron chi connectivity index (χ2n) is 2.07. The van der Waals surface area contributed by atoms with E-state index in [0.717, 1.165) is 0 Å². The quantitative estimate of drug-likeness (QED) is 0.560. The molecule has 0 aliphatic rings. The summed E-state index contributed by atoms with van der Waals surface area (Å²) in [7, 11) is 0. The number of rotatable bonds is 5. The average Bonchev–Trinajstić information content (AvgIpc) is 1.86. The first kappa shape index (κ1) is 9.90. The van der Waals surface area contributed by atoms with Crippen LogP contribution in [0.2, 0.25) is 0 Å². The number of nitrogens with two attached hydrogens (primary N) is 1. The van der Waals surface area contributed by atoms with Gasteiger partial charge in [0.15, 0.2) is 6.10 Å². The summed E-state index contributed by atoms with van der Waals surface area (Å²) in [5.74, 6) is -1.54. The number of carboxylic acids is 1. The highest BCUT2D eigenvalue weighted by atomic mass is 16.5. The maximum atomic E-state index is 10.1. The van der Waals surface area contributed by atoms with Gasteiger partial charge in [0.2, 0.25) is 5.91 Å². The van der Waals surface area contributed by atoms with E-state index in [1.165, 1.54) is 6.92 Å². The van der Waals surface area contributed by atoms with Crippen molar-refractivity contribution < 1.29 is 19.4 Å². The first-order chi connectivity index (χ1) is 5.04. The molecule has 1 atom stereocenters. The van der Waals surface area contributed by atoms with Gasteiger partial charge in [-0.05, 0) is 6.92 Å². The molecule has 0 bridgehead atoms. The van der Waals surface area contributed by atoms with Crippen LogP contribution in [0, 0.1) is 0 Å². The Kier molecular flexibility index (Phi) is 4.21. The molecule has 0 aliphatic carbocycles. The van der Waals surface area contributed by atoms with Crippen LogP contribution in [0.15, 0.2) is 0 Å². The molecule has 0 aliphatic heterocycles. The summed E-state index contributed by atoms with van der Waals surface area (Å²) in [5.41, 5.74) is 4.79. The van der Waals surface area contributed by atoms with E-state index in [1.807, 2.05) is 0 Å². The molecule has 0 saturated carbocycles. The summed E-state index contributed by atoms with van der Waals surface area (Å²) < 4.78 is 4.71. The normalized spacial score (nSPS) is 12.5. The van der Waals surface area contributed by atoms with Crippen molar-refractivity contribution in [1.82, 2.24) is 0 Å². The van der Waals surface area contributed by atoms with Crippen molar-refractivity contribution in [3.8, 4) is 0 Å². The van der Waals surface area contributed by atoms with Crippen molar-refractivity contribution >= 4 is 11.9 Å². The minimum atomic E-state index is -1.05. The summed E-state index contributed by atoms with van der Waals surface area (Å²) in [6.07, 6.45) is -0.827. The molecule has 0 fully saturated rings. The van der Waals surface area contributed by atoms with Gasteiger partial charge in [-0.15, -0.1) is 0 Å². The van der Waals surface area contributed by atoms with Gasteiger partial charge < -0.3 is 15.6 Å². The third-order valence-electron chi connectivity index (χ3n) is 1.06. The first-order valence-electron chi connectivity index (χ1n) is 3.16. The molecule has 0 spiro atoms. The number of amides is 1. The molecule has 5 heteroatoms. The highest BCUT2D eigenvalue weighted by Crippen LogP contribution is 1.91. The van der Waals surface area contributed by atoms with Crippen LogP contribution in [0.4, 0.5) is 0 Å². The Labute approximate surface area is 64.1 Å². The lowest BCUT2D eigenvalue weighted by Gasteiger charge is -2.05. The summed E-state index contributed by atoms with van der Waals surface area (Å²) in [6, 6.07) is 0. The molecule has 0 unspecified atom stereocenters. The van der Waals surface area contributed by atoms with Crippen LogP contribution in [-0.4, -0.2) is 29.7 Å². The van der Waals surface area contributed by atoms with Crippen LogP contribution in [-0.2, 0) is 14.3 Å². The minimum absolute atomic E-state index is 0.0532. The highest BCUT2D eigenvalue weighted by Gasteiger charge is 2.10. The standard InChI is InChI=1S/C6H11NO4/c1-4(6(9)10)11-3-2-5(7)8/h4H,2-3H2,1H3,(H2,7,8)(H,9,10)/t4-/m1/s1. The van der Waals surface area contributed by atoms with Gasteiger partial charge in [-0.25, -0.2) is 4.79 Å². The van der Waals surface area contributed by atoms with Crippen molar-refractivity contribution in [3.05, 3.63) is 0 Å². The minimum Gasteiger partial charge on any atom is -0.479 e. The SMILES string of the molecule is C[C@@H](OCCC(N)=O)C(=O)O. The maximum Gasteiger partial charge on any atom is 0.332 e. The van der Waals surface area contributed by atoms with E-state index >= 15 is 0 Å². The topological polar surface area (TPSA) is 89.6 Å². The van der Waals surface area contributed by atoms with Crippen molar-refractivity contribution in [2.24, 2.45) is 5.73 Å². The number of hydrogen-bond acceptors (Lipinski definition) is 3. The van der Waals surface area contributed by atoms with Crippen LogP contribution >= 0.6 is 0 Å². The Hall–Kier alpha value is -1.10. The van der Waals surface area contributed by atoms with Gasteiger partial charge in [0, 0.05) is 6.42 Å². The van der Waals surface area contributed by atoms with Crippen LogP contribution in [0.1, 0.15) is 13.3 Å². The highest BCUT2D eigenvalue weighted by molar-refractivity contribution is 5.74. The van der Waals surface area contributed by atoms with Crippen LogP contribution in [0.3, 0.4) is 0 Å². The Bertz CT molecular complexity index is 157. The zero-order chi connectivity index (χ0) is 8.85. The van der Waals surface area contributed by atoms with Crippen molar-refractivity contribution in [2.75, 3.05) is 6.61 Å². The second kappa shape index (κ2) is 4.68. The van der Waals surface area contributed by atoms with Crippen LogP contribution in [0.5, 0.6) is 0 Å². The Morgan fingerprint density at radius 2 is 2.18 bits per heavy atom. The first-order valence-corrected chi connectivity index (χ1v) is 3.16. The zero-order valence-corrected chi connectivity index (χ0v) is 6.24. The van der Waals surface area contributed by atoms with Crippen molar-refractivity contribution in [3.63, 3.8) is 0 Å². The third kappa shape index (κ3) is 5.35. The number of aliphatic carboxylic acids is 1. The monoisotopic (exact) mass is 161 g/mol. The number of carbonyl (C=O) groups is 2. The van der Waals surface area contributed by atoms with Gasteiger partial charge >= 0.3 is 5.97 Å². The second-order valence-corrected chi connectivity index (χ2v) is 2.07. The zero-order valence-electron chi connectivity index (χ0n) is 6.24. The predicted octanol–water partition coefficient (Wildman–Crippen LogP) is -0.648. The fourth-order valence-corrected chi connectivity index (χ4v) is 0.408. The van der Waals surface area contributed by atoms with E-state index in [4.69, 9.17) is 15.6 Å². The van der Waals surface area contributed by atoms with E-state index in [0.29, 0.717) is 0 Å². The Morgan fingerprint density at radius 3 is 2.55 bits per heavy atom. The number of hydrogen-bond donors (Lipinski definition) is 2. The molecule has 0 aromatic heterocycles. The van der Waals surface area contributed by atoms with Gasteiger partial charge in [0.25, 0.3) is 0 Å². The molecule has 0 heterocycles. The van der Waals surface area contributed by atoms with E-state index < -0.39 is 18.0 Å². The molecule has 64 valence electrons. The van der Waals surface area contributed by atoms with E-state index in [9.17, 15) is 9.59 Å². The lowest BCUT2D eigenvalue weighted by Crippen LogP contribution is -2.22. The van der Waals surface area contributed by atoms with Gasteiger partial charge in [-0.1, -0.05) is 0 Å². The number of carboxylic acid groups (broad SMARTS) is 1. The fourth-order valence-electron chi connectivity index (χ4n) is 0.408. The molecule has 0 aromatic rings. The Balaban J connectivity index is 3.39. The number of carbonyl (C=O) groups excluding carboxylic acids is 1. The van der Waals surface area contributed by atoms with Crippen LogP contribution < -0.4 is 5.73 Å². The third-order valence-corrected chi connectivity index (χ3v) is 1.06. The molecule has 11 heavy (non-hydrogen) atoms. The number of primary amides is 1.